The van der Waals surface area contributed by atoms with E-state index in [-0.39, 0.29) is 0 Å². The van der Waals surface area contributed by atoms with Crippen LogP contribution in [-0.2, 0) is 0 Å². The Bertz CT molecular complexity index is 258. The molecule has 2 aliphatic carbocycles. The van der Waals surface area contributed by atoms with Crippen molar-refractivity contribution in [3.63, 3.8) is 0 Å². The van der Waals surface area contributed by atoms with Gasteiger partial charge in [-0.1, -0.05) is 31.9 Å². The van der Waals surface area contributed by atoms with E-state index < -0.39 is 0 Å². The lowest BCUT2D eigenvalue weighted by molar-refractivity contribution is 0.319. The zero-order valence-electron chi connectivity index (χ0n) is 9.57. The molecule has 0 aromatic rings. The van der Waals surface area contributed by atoms with Gasteiger partial charge in [-0.15, -0.1) is 11.6 Å². The van der Waals surface area contributed by atoms with Crippen molar-refractivity contribution in [2.75, 3.05) is 0 Å². The maximum atomic E-state index is 6.33. The lowest BCUT2D eigenvalue weighted by Gasteiger charge is -2.41. The molecule has 0 aromatic carbocycles. The van der Waals surface area contributed by atoms with Crippen LogP contribution in [0.4, 0.5) is 0 Å². The predicted molar refractivity (Wildman–Crippen MR) is 62.7 cm³/mol. The topological polar surface area (TPSA) is 0 Å². The molecule has 1 heteroatoms. The molecule has 2 rings (SSSR count). The second-order valence-corrected chi connectivity index (χ2v) is 6.44. The van der Waals surface area contributed by atoms with Gasteiger partial charge in [-0.05, 0) is 43.4 Å². The second-order valence-electron chi connectivity index (χ2n) is 5.82. The van der Waals surface area contributed by atoms with Gasteiger partial charge in [0, 0.05) is 5.38 Å². The standard InChI is InChI=1S/C13H21Cl/c1-9-4-5-12-10(6-9)7-11(14)8-13(12,2)3/h9,11H,4-8H2,1-3H3. The van der Waals surface area contributed by atoms with Gasteiger partial charge in [-0.25, -0.2) is 0 Å². The molecule has 0 N–H and O–H groups in total. The summed E-state index contributed by atoms with van der Waals surface area (Å²) in [6.07, 6.45) is 6.34. The van der Waals surface area contributed by atoms with Crippen LogP contribution in [0, 0.1) is 11.3 Å². The first-order valence-corrected chi connectivity index (χ1v) is 6.28. The van der Waals surface area contributed by atoms with E-state index in [1.165, 1.54) is 25.7 Å². The summed E-state index contributed by atoms with van der Waals surface area (Å²) >= 11 is 6.33. The van der Waals surface area contributed by atoms with Crippen LogP contribution in [0.5, 0.6) is 0 Å². The van der Waals surface area contributed by atoms with Crippen LogP contribution in [0.15, 0.2) is 11.1 Å². The highest BCUT2D eigenvalue weighted by Gasteiger charge is 2.35. The van der Waals surface area contributed by atoms with Crippen LogP contribution in [-0.4, -0.2) is 5.38 Å². The van der Waals surface area contributed by atoms with E-state index in [9.17, 15) is 0 Å². The number of halogens is 1. The number of hydrogen-bond acceptors (Lipinski definition) is 0. The first kappa shape index (κ1) is 10.5. The van der Waals surface area contributed by atoms with Crippen molar-refractivity contribution < 1.29 is 0 Å². The van der Waals surface area contributed by atoms with Gasteiger partial charge in [0.2, 0.25) is 0 Å². The minimum Gasteiger partial charge on any atom is -0.123 e. The van der Waals surface area contributed by atoms with E-state index in [0.29, 0.717) is 10.8 Å². The molecule has 2 unspecified atom stereocenters. The van der Waals surface area contributed by atoms with Crippen LogP contribution in [0.2, 0.25) is 0 Å². The lowest BCUT2D eigenvalue weighted by atomic mass is 9.66. The van der Waals surface area contributed by atoms with Crippen molar-refractivity contribution in [1.82, 2.24) is 0 Å². The van der Waals surface area contributed by atoms with Crippen molar-refractivity contribution in [2.24, 2.45) is 11.3 Å². The molecule has 2 atom stereocenters. The molecule has 0 saturated carbocycles. The van der Waals surface area contributed by atoms with Crippen molar-refractivity contribution in [3.05, 3.63) is 11.1 Å². The zero-order valence-corrected chi connectivity index (χ0v) is 10.3. The molecule has 0 nitrogen and oxygen atoms in total. The summed E-state index contributed by atoms with van der Waals surface area (Å²) in [6, 6.07) is 0. The fourth-order valence-corrected chi connectivity index (χ4v) is 3.83. The Morgan fingerprint density at radius 3 is 2.71 bits per heavy atom. The van der Waals surface area contributed by atoms with Crippen molar-refractivity contribution in [2.45, 2.75) is 58.3 Å². The molecule has 0 saturated heterocycles. The number of allylic oxidation sites excluding steroid dienone is 2. The average molecular weight is 213 g/mol. The molecule has 14 heavy (non-hydrogen) atoms. The Balaban J connectivity index is 2.30. The molecule has 0 aromatic heterocycles. The minimum atomic E-state index is 0.375. The monoisotopic (exact) mass is 212 g/mol. The van der Waals surface area contributed by atoms with Crippen molar-refractivity contribution >= 4 is 11.6 Å². The maximum Gasteiger partial charge on any atom is 0.0381 e. The Morgan fingerprint density at radius 1 is 1.29 bits per heavy atom. The van der Waals surface area contributed by atoms with Gasteiger partial charge in [-0.3, -0.25) is 0 Å². The van der Waals surface area contributed by atoms with Crippen LogP contribution >= 0.6 is 11.6 Å². The molecule has 0 amide bonds. The molecular formula is C13H21Cl. The highest BCUT2D eigenvalue weighted by molar-refractivity contribution is 6.20. The summed E-state index contributed by atoms with van der Waals surface area (Å²) in [5.41, 5.74) is 3.81. The molecule has 0 aliphatic heterocycles. The van der Waals surface area contributed by atoms with Gasteiger partial charge in [-0.2, -0.15) is 0 Å². The summed E-state index contributed by atoms with van der Waals surface area (Å²) in [4.78, 5) is 0. The molecule has 0 radical (unpaired) electrons. The van der Waals surface area contributed by atoms with Gasteiger partial charge in [0.15, 0.2) is 0 Å². The lowest BCUT2D eigenvalue weighted by Crippen LogP contribution is -2.29. The second kappa shape index (κ2) is 3.56. The molecule has 0 fully saturated rings. The number of alkyl halides is 1. The highest BCUT2D eigenvalue weighted by atomic mass is 35.5. The SMILES string of the molecule is CC1CCC2=C(C1)CC(Cl)CC2(C)C. The fourth-order valence-electron chi connectivity index (χ4n) is 3.25. The van der Waals surface area contributed by atoms with Crippen molar-refractivity contribution in [3.8, 4) is 0 Å². The van der Waals surface area contributed by atoms with E-state index in [1.807, 2.05) is 0 Å². The van der Waals surface area contributed by atoms with Gasteiger partial charge in [0.1, 0.15) is 0 Å². The number of rotatable bonds is 0. The average Bonchev–Trinajstić information content (AvgIpc) is 2.00. The van der Waals surface area contributed by atoms with E-state index in [2.05, 4.69) is 20.8 Å². The summed E-state index contributed by atoms with van der Waals surface area (Å²) < 4.78 is 0. The van der Waals surface area contributed by atoms with E-state index >= 15 is 0 Å². The predicted octanol–water partition coefficient (Wildman–Crippen LogP) is 4.53. The van der Waals surface area contributed by atoms with Gasteiger partial charge < -0.3 is 0 Å². The third kappa shape index (κ3) is 1.86. The molecule has 0 spiro atoms. The van der Waals surface area contributed by atoms with E-state index in [0.717, 1.165) is 12.3 Å². The minimum absolute atomic E-state index is 0.375. The van der Waals surface area contributed by atoms with Crippen LogP contribution in [0.1, 0.15) is 52.9 Å². The Kier molecular flexibility index (Phi) is 2.68. The molecular weight excluding hydrogens is 192 g/mol. The van der Waals surface area contributed by atoms with Gasteiger partial charge in [0.05, 0.1) is 0 Å². The van der Waals surface area contributed by atoms with E-state index in [4.69, 9.17) is 11.6 Å². The molecule has 0 bridgehead atoms. The van der Waals surface area contributed by atoms with Gasteiger partial charge >= 0.3 is 0 Å². The van der Waals surface area contributed by atoms with Crippen LogP contribution in [0.25, 0.3) is 0 Å². The Labute approximate surface area is 92.7 Å². The fraction of sp³-hybridized carbons (Fsp3) is 0.846. The molecule has 2 aliphatic rings. The third-order valence-electron chi connectivity index (χ3n) is 3.93. The van der Waals surface area contributed by atoms with E-state index in [1.54, 1.807) is 11.1 Å². The zero-order chi connectivity index (χ0) is 10.3. The van der Waals surface area contributed by atoms with Gasteiger partial charge in [0.25, 0.3) is 0 Å². The smallest absolute Gasteiger partial charge is 0.0381 e. The third-order valence-corrected chi connectivity index (χ3v) is 4.23. The molecule has 80 valence electrons. The molecule has 0 heterocycles. The largest absolute Gasteiger partial charge is 0.123 e. The summed E-state index contributed by atoms with van der Waals surface area (Å²) in [7, 11) is 0. The quantitative estimate of drug-likeness (QED) is 0.409. The maximum absolute atomic E-state index is 6.33. The summed E-state index contributed by atoms with van der Waals surface area (Å²) in [6.45, 7) is 7.11. The summed E-state index contributed by atoms with van der Waals surface area (Å²) in [5.74, 6) is 0.881. The van der Waals surface area contributed by atoms with Crippen LogP contribution < -0.4 is 0 Å². The summed E-state index contributed by atoms with van der Waals surface area (Å²) in [5, 5.41) is 0.383. The Hall–Kier alpha value is 0.0300. The van der Waals surface area contributed by atoms with Crippen LogP contribution in [0.3, 0.4) is 0 Å². The normalized spacial score (nSPS) is 36.9. The highest BCUT2D eigenvalue weighted by Crippen LogP contribution is 2.48. The first-order valence-electron chi connectivity index (χ1n) is 5.84. The number of hydrogen-bond donors (Lipinski definition) is 0. The van der Waals surface area contributed by atoms with Crippen molar-refractivity contribution in [1.29, 1.82) is 0 Å². The first-order chi connectivity index (χ1) is 6.49. The Morgan fingerprint density at radius 2 is 2.00 bits per heavy atom.